The first kappa shape index (κ1) is 14.1. The Kier molecular flexibility index (Phi) is 4.08. The number of Topliss-reactive ketones (excluding diaryl/α,β-unsaturated/α-hetero) is 1. The lowest BCUT2D eigenvalue weighted by Crippen LogP contribution is -2.03. The zero-order valence-electron chi connectivity index (χ0n) is 11.0. The number of methoxy groups -OCH3 is 2. The van der Waals surface area contributed by atoms with Crippen molar-refractivity contribution in [2.75, 3.05) is 14.2 Å². The molecule has 1 heterocycles. The van der Waals surface area contributed by atoms with Gasteiger partial charge in [-0.15, -0.1) is 0 Å². The number of hydrogen-bond donors (Lipinski definition) is 1. The molecular formula is C14H13NO4S. The second-order valence-corrected chi connectivity index (χ2v) is 5.55. The molecular weight excluding hydrogens is 278 g/mol. The third-order valence-corrected chi connectivity index (χ3v) is 4.37. The fraction of sp³-hybridized carbons (Fsp3) is 0.143. The summed E-state index contributed by atoms with van der Waals surface area (Å²) < 4.78 is 10.1. The Morgan fingerprint density at radius 2 is 1.85 bits per heavy atom. The number of hydrogen-bond acceptors (Lipinski definition) is 5. The second kappa shape index (κ2) is 5.77. The van der Waals surface area contributed by atoms with E-state index in [1.54, 1.807) is 36.6 Å². The SMILES string of the molecule is COC1=C(N)S(=C=O)C(C(=O)c2ccc(OC)cc2)=C1. The first-order valence-electron chi connectivity index (χ1n) is 5.68. The van der Waals surface area contributed by atoms with Gasteiger partial charge in [0.1, 0.15) is 16.5 Å². The molecule has 1 aliphatic heterocycles. The highest BCUT2D eigenvalue weighted by Crippen LogP contribution is 2.40. The maximum absolute atomic E-state index is 12.4. The summed E-state index contributed by atoms with van der Waals surface area (Å²) in [4.78, 5) is 23.7. The summed E-state index contributed by atoms with van der Waals surface area (Å²) in [5.74, 6) is 0.723. The van der Waals surface area contributed by atoms with Crippen LogP contribution in [0.2, 0.25) is 0 Å². The number of carbonyl (C=O) groups is 1. The predicted octanol–water partition coefficient (Wildman–Crippen LogP) is 1.89. The number of ether oxygens (including phenoxy) is 2. The van der Waals surface area contributed by atoms with Crippen LogP contribution < -0.4 is 10.5 Å². The van der Waals surface area contributed by atoms with Gasteiger partial charge in [0.15, 0.2) is 11.0 Å². The number of benzene rings is 1. The summed E-state index contributed by atoms with van der Waals surface area (Å²) in [6.07, 6.45) is 1.50. The van der Waals surface area contributed by atoms with Crippen LogP contribution in [0.15, 0.2) is 46.0 Å². The van der Waals surface area contributed by atoms with Crippen LogP contribution >= 0.6 is 10.5 Å². The number of nitrogens with two attached hydrogens (primary N) is 1. The van der Waals surface area contributed by atoms with E-state index in [1.165, 1.54) is 13.2 Å². The normalized spacial score (nSPS) is 17.5. The average Bonchev–Trinajstić information content (AvgIpc) is 2.82. The van der Waals surface area contributed by atoms with Crippen LogP contribution in [0.5, 0.6) is 5.75 Å². The van der Waals surface area contributed by atoms with E-state index in [-0.39, 0.29) is 10.8 Å². The van der Waals surface area contributed by atoms with Gasteiger partial charge in [-0.1, -0.05) is 0 Å². The molecule has 0 radical (unpaired) electrons. The van der Waals surface area contributed by atoms with Gasteiger partial charge in [-0.3, -0.25) is 4.79 Å². The summed E-state index contributed by atoms with van der Waals surface area (Å²) in [5.41, 5.74) is 6.23. The Bertz CT molecular complexity index is 667. The van der Waals surface area contributed by atoms with E-state index in [0.29, 0.717) is 22.0 Å². The summed E-state index contributed by atoms with van der Waals surface area (Å²) in [6.45, 7) is 0. The molecule has 1 unspecified atom stereocenters. The van der Waals surface area contributed by atoms with Crippen LogP contribution in [0.25, 0.3) is 0 Å². The first-order valence-corrected chi connectivity index (χ1v) is 6.91. The Morgan fingerprint density at radius 1 is 1.20 bits per heavy atom. The molecule has 0 saturated heterocycles. The van der Waals surface area contributed by atoms with Gasteiger partial charge in [0.25, 0.3) is 0 Å². The van der Waals surface area contributed by atoms with Crippen molar-refractivity contribution in [1.82, 2.24) is 0 Å². The lowest BCUT2D eigenvalue weighted by Gasteiger charge is -2.05. The number of carbonyl (C=O) groups excluding carboxylic acids is 2. The minimum Gasteiger partial charge on any atom is -0.497 e. The van der Waals surface area contributed by atoms with Crippen molar-refractivity contribution in [2.24, 2.45) is 5.73 Å². The highest BCUT2D eigenvalue weighted by atomic mass is 32.2. The lowest BCUT2D eigenvalue weighted by molar-refractivity contribution is 0.104. The molecule has 6 heteroatoms. The number of ketones is 1. The zero-order valence-corrected chi connectivity index (χ0v) is 11.8. The minimum absolute atomic E-state index is 0.236. The predicted molar refractivity (Wildman–Crippen MR) is 76.9 cm³/mol. The first-order chi connectivity index (χ1) is 9.62. The van der Waals surface area contributed by atoms with Crippen LogP contribution in [-0.4, -0.2) is 25.2 Å². The molecule has 0 aliphatic carbocycles. The largest absolute Gasteiger partial charge is 0.497 e. The molecule has 0 bridgehead atoms. The molecule has 0 spiro atoms. The molecule has 20 heavy (non-hydrogen) atoms. The molecule has 2 rings (SSSR count). The van der Waals surface area contributed by atoms with Gasteiger partial charge in [-0.2, -0.15) is 0 Å². The maximum atomic E-state index is 12.4. The second-order valence-electron chi connectivity index (χ2n) is 3.89. The van der Waals surface area contributed by atoms with E-state index in [0.717, 1.165) is 0 Å². The Balaban J connectivity index is 2.37. The average molecular weight is 291 g/mol. The Labute approximate surface area is 118 Å². The lowest BCUT2D eigenvalue weighted by atomic mass is 10.1. The smallest absolute Gasteiger partial charge is 0.200 e. The van der Waals surface area contributed by atoms with Crippen LogP contribution in [0.1, 0.15) is 10.4 Å². The van der Waals surface area contributed by atoms with E-state index >= 15 is 0 Å². The van der Waals surface area contributed by atoms with Crippen molar-refractivity contribution in [3.05, 3.63) is 51.6 Å². The Morgan fingerprint density at radius 3 is 2.35 bits per heavy atom. The maximum Gasteiger partial charge on any atom is 0.200 e. The van der Waals surface area contributed by atoms with Crippen LogP contribution in [0, 0.1) is 0 Å². The molecule has 1 aromatic rings. The Hall–Kier alpha value is -2.30. The van der Waals surface area contributed by atoms with E-state index in [2.05, 4.69) is 0 Å². The summed E-state index contributed by atoms with van der Waals surface area (Å²) in [6, 6.07) is 6.63. The third-order valence-electron chi connectivity index (χ3n) is 2.82. The van der Waals surface area contributed by atoms with Crippen molar-refractivity contribution < 1.29 is 19.1 Å². The van der Waals surface area contributed by atoms with E-state index < -0.39 is 10.5 Å². The molecule has 1 aromatic carbocycles. The topological polar surface area (TPSA) is 78.6 Å². The van der Waals surface area contributed by atoms with Gasteiger partial charge >= 0.3 is 0 Å². The van der Waals surface area contributed by atoms with Crippen molar-refractivity contribution in [3.8, 4) is 5.75 Å². The zero-order chi connectivity index (χ0) is 14.7. The highest BCUT2D eigenvalue weighted by molar-refractivity contribution is 8.22. The molecule has 1 aliphatic rings. The van der Waals surface area contributed by atoms with Crippen molar-refractivity contribution in [3.63, 3.8) is 0 Å². The highest BCUT2D eigenvalue weighted by Gasteiger charge is 2.26. The molecule has 5 nitrogen and oxygen atoms in total. The third kappa shape index (κ3) is 2.39. The van der Waals surface area contributed by atoms with Gasteiger partial charge < -0.3 is 15.2 Å². The molecule has 0 saturated carbocycles. The van der Waals surface area contributed by atoms with Gasteiger partial charge in [0.05, 0.1) is 19.1 Å². The fourth-order valence-electron chi connectivity index (χ4n) is 1.76. The molecule has 0 amide bonds. The molecule has 2 N–H and O–H groups in total. The molecule has 0 fully saturated rings. The van der Waals surface area contributed by atoms with Gasteiger partial charge in [-0.05, 0) is 34.7 Å². The minimum atomic E-state index is -1.18. The monoisotopic (exact) mass is 291 g/mol. The van der Waals surface area contributed by atoms with Gasteiger partial charge in [-0.25, -0.2) is 4.79 Å². The van der Waals surface area contributed by atoms with Crippen LogP contribution in [-0.2, 0) is 9.53 Å². The number of rotatable bonds is 4. The van der Waals surface area contributed by atoms with Crippen LogP contribution in [0.3, 0.4) is 0 Å². The van der Waals surface area contributed by atoms with Crippen molar-refractivity contribution >= 4 is 21.5 Å². The van der Waals surface area contributed by atoms with Crippen molar-refractivity contribution in [2.45, 2.75) is 0 Å². The van der Waals surface area contributed by atoms with E-state index in [1.807, 2.05) is 0 Å². The summed E-state index contributed by atoms with van der Waals surface area (Å²) in [7, 11) is 1.81. The molecule has 0 aromatic heterocycles. The van der Waals surface area contributed by atoms with Gasteiger partial charge in [0, 0.05) is 11.6 Å². The quantitative estimate of drug-likeness (QED) is 0.677. The van der Waals surface area contributed by atoms with Crippen LogP contribution in [0.4, 0.5) is 0 Å². The standard InChI is InChI=1S/C14H13NO4S/c1-18-10-5-3-9(4-6-10)13(17)12-7-11(19-2)14(15)20(12)8-16/h3-7H,15H2,1-2H3. The molecule has 104 valence electrons. The summed E-state index contributed by atoms with van der Waals surface area (Å²) in [5, 5.41) is 2.04. The fourth-order valence-corrected chi connectivity index (χ4v) is 3.05. The summed E-state index contributed by atoms with van der Waals surface area (Å²) >= 11 is 0. The molecule has 1 atom stereocenters. The van der Waals surface area contributed by atoms with E-state index in [9.17, 15) is 9.59 Å². The van der Waals surface area contributed by atoms with E-state index in [4.69, 9.17) is 15.2 Å². The van der Waals surface area contributed by atoms with Crippen molar-refractivity contribution in [1.29, 1.82) is 0 Å². The van der Waals surface area contributed by atoms with Gasteiger partial charge in [0.2, 0.25) is 0 Å². The number of allylic oxidation sites excluding steroid dienone is 2.